The van der Waals surface area contributed by atoms with Crippen molar-refractivity contribution in [1.29, 1.82) is 0 Å². The Balaban J connectivity index is 1.59. The van der Waals surface area contributed by atoms with E-state index in [-0.39, 0.29) is 17.3 Å². The molecule has 1 amide bonds. The van der Waals surface area contributed by atoms with Crippen molar-refractivity contribution in [2.45, 2.75) is 18.7 Å². The van der Waals surface area contributed by atoms with Gasteiger partial charge in [-0.15, -0.1) is 0 Å². The second-order valence-corrected chi connectivity index (χ2v) is 11.1. The molecule has 0 spiro atoms. The Morgan fingerprint density at radius 2 is 1.67 bits per heavy atom. The molecule has 0 N–H and O–H groups in total. The van der Waals surface area contributed by atoms with Crippen LogP contribution >= 0.6 is 11.6 Å². The summed E-state index contributed by atoms with van der Waals surface area (Å²) in [5.74, 6) is 0.120. The van der Waals surface area contributed by atoms with Crippen molar-refractivity contribution in [3.8, 4) is 5.75 Å². The highest BCUT2D eigenvalue weighted by Crippen LogP contribution is 2.33. The number of benzene rings is 3. The van der Waals surface area contributed by atoms with Gasteiger partial charge in [0.05, 0.1) is 17.7 Å². The van der Waals surface area contributed by atoms with Gasteiger partial charge in [-0.25, -0.2) is 8.42 Å². The molecular weight excluding hydrogens is 498 g/mol. The van der Waals surface area contributed by atoms with Crippen LogP contribution in [-0.2, 0) is 14.8 Å². The molecule has 1 aliphatic rings. The minimum Gasteiger partial charge on any atom is -0.495 e. The van der Waals surface area contributed by atoms with E-state index < -0.39 is 10.0 Å². The summed E-state index contributed by atoms with van der Waals surface area (Å²) in [6, 6.07) is 19.2. The summed E-state index contributed by atoms with van der Waals surface area (Å²) in [5, 5.41) is 0.669. The van der Waals surface area contributed by atoms with Gasteiger partial charge in [0.25, 0.3) is 10.0 Å². The van der Waals surface area contributed by atoms with E-state index in [4.69, 9.17) is 16.3 Å². The van der Waals surface area contributed by atoms with Crippen molar-refractivity contribution < 1.29 is 17.9 Å². The summed E-state index contributed by atoms with van der Waals surface area (Å²) in [6.45, 7) is 5.80. The van der Waals surface area contributed by atoms with Crippen molar-refractivity contribution in [2.24, 2.45) is 0 Å². The number of ether oxygens (including phenoxy) is 1. The lowest BCUT2D eigenvalue weighted by Gasteiger charge is -2.38. The van der Waals surface area contributed by atoms with E-state index >= 15 is 0 Å². The molecule has 0 unspecified atom stereocenters. The number of rotatable bonds is 7. The second-order valence-electron chi connectivity index (χ2n) is 8.80. The lowest BCUT2D eigenvalue weighted by Crippen LogP contribution is -2.52. The van der Waals surface area contributed by atoms with E-state index in [0.717, 1.165) is 21.1 Å². The molecule has 0 aliphatic carbocycles. The molecule has 4 rings (SSSR count). The van der Waals surface area contributed by atoms with Crippen molar-refractivity contribution >= 4 is 38.9 Å². The Hall–Kier alpha value is -3.23. The molecule has 0 aromatic heterocycles. The normalized spacial score (nSPS) is 14.0. The number of nitrogens with zero attached hydrogens (tertiary/aromatic N) is 3. The molecule has 36 heavy (non-hydrogen) atoms. The van der Waals surface area contributed by atoms with E-state index in [1.807, 2.05) is 38.1 Å². The Morgan fingerprint density at radius 1 is 0.972 bits per heavy atom. The Kier molecular flexibility index (Phi) is 7.76. The van der Waals surface area contributed by atoms with Gasteiger partial charge in [-0.05, 0) is 61.4 Å². The SMILES string of the molecule is COc1ccc(C)cc1N(CC(=O)N1CCN(c2cc(Cl)ccc2C)CC1)S(=O)(=O)c1ccccc1. The number of anilines is 2. The van der Waals surface area contributed by atoms with Crippen molar-refractivity contribution in [1.82, 2.24) is 4.90 Å². The minimum absolute atomic E-state index is 0.114. The average molecular weight is 528 g/mol. The number of methoxy groups -OCH3 is 1. The Morgan fingerprint density at radius 3 is 2.33 bits per heavy atom. The van der Waals surface area contributed by atoms with Crippen LogP contribution in [0.25, 0.3) is 0 Å². The molecule has 0 bridgehead atoms. The van der Waals surface area contributed by atoms with Gasteiger partial charge in [-0.2, -0.15) is 0 Å². The van der Waals surface area contributed by atoms with Crippen LogP contribution in [0.5, 0.6) is 5.75 Å². The molecule has 3 aromatic carbocycles. The molecule has 1 saturated heterocycles. The summed E-state index contributed by atoms with van der Waals surface area (Å²) in [5.41, 5.74) is 3.36. The zero-order valence-electron chi connectivity index (χ0n) is 20.6. The van der Waals surface area contributed by atoms with E-state index in [1.165, 1.54) is 19.2 Å². The number of hydrogen-bond donors (Lipinski definition) is 0. The fourth-order valence-corrected chi connectivity index (χ4v) is 5.96. The van der Waals surface area contributed by atoms with Gasteiger partial charge >= 0.3 is 0 Å². The predicted octanol–water partition coefficient (Wildman–Crippen LogP) is 4.51. The van der Waals surface area contributed by atoms with Gasteiger partial charge in [0.1, 0.15) is 12.3 Å². The number of sulfonamides is 1. The maximum absolute atomic E-state index is 13.7. The Bertz CT molecular complexity index is 1340. The van der Waals surface area contributed by atoms with Crippen molar-refractivity contribution in [2.75, 3.05) is 49.0 Å². The molecule has 0 saturated carbocycles. The van der Waals surface area contributed by atoms with Crippen molar-refractivity contribution in [3.05, 3.63) is 82.9 Å². The van der Waals surface area contributed by atoms with Gasteiger partial charge in [0, 0.05) is 36.9 Å². The van der Waals surface area contributed by atoms with Crippen LogP contribution in [0.4, 0.5) is 11.4 Å². The number of carbonyl (C=O) groups excluding carboxylic acids is 1. The standard InChI is InChI=1S/C27H30ClN3O4S/c1-20-9-12-26(35-3)25(17-20)31(36(33,34)23-7-5-4-6-8-23)19-27(32)30-15-13-29(14-16-30)24-18-22(28)11-10-21(24)2/h4-12,17-18H,13-16,19H2,1-3H3. The van der Waals surface area contributed by atoms with Gasteiger partial charge in [-0.1, -0.05) is 41.9 Å². The quantitative estimate of drug-likeness (QED) is 0.452. The lowest BCUT2D eigenvalue weighted by atomic mass is 10.1. The third-order valence-electron chi connectivity index (χ3n) is 6.36. The van der Waals surface area contributed by atoms with E-state index in [1.54, 1.807) is 35.2 Å². The van der Waals surface area contributed by atoms with Crippen LogP contribution in [0.15, 0.2) is 71.6 Å². The topological polar surface area (TPSA) is 70.2 Å². The highest BCUT2D eigenvalue weighted by molar-refractivity contribution is 7.92. The van der Waals surface area contributed by atoms with Gasteiger partial charge in [-0.3, -0.25) is 9.10 Å². The molecule has 3 aromatic rings. The lowest BCUT2D eigenvalue weighted by molar-refractivity contribution is -0.129. The van der Waals surface area contributed by atoms with Gasteiger partial charge in [0.15, 0.2) is 0 Å². The van der Waals surface area contributed by atoms with Crippen LogP contribution in [0, 0.1) is 13.8 Å². The first-order valence-electron chi connectivity index (χ1n) is 11.7. The maximum Gasteiger partial charge on any atom is 0.264 e. The molecular formula is C27H30ClN3O4S. The zero-order chi connectivity index (χ0) is 25.9. The van der Waals surface area contributed by atoms with Crippen LogP contribution in [0.1, 0.15) is 11.1 Å². The summed E-state index contributed by atoms with van der Waals surface area (Å²) in [6.07, 6.45) is 0. The predicted molar refractivity (Wildman–Crippen MR) is 144 cm³/mol. The second kappa shape index (κ2) is 10.8. The largest absolute Gasteiger partial charge is 0.495 e. The first-order valence-corrected chi connectivity index (χ1v) is 13.5. The molecule has 1 fully saturated rings. The fraction of sp³-hybridized carbons (Fsp3) is 0.296. The van der Waals surface area contributed by atoms with E-state index in [0.29, 0.717) is 42.6 Å². The molecule has 1 aliphatic heterocycles. The monoisotopic (exact) mass is 527 g/mol. The first kappa shape index (κ1) is 25.9. The first-order chi connectivity index (χ1) is 17.2. The highest BCUT2D eigenvalue weighted by atomic mass is 35.5. The summed E-state index contributed by atoms with van der Waals surface area (Å²) in [7, 11) is -2.53. The smallest absolute Gasteiger partial charge is 0.264 e. The summed E-state index contributed by atoms with van der Waals surface area (Å²) >= 11 is 6.20. The van der Waals surface area contributed by atoms with Crippen LogP contribution < -0.4 is 13.9 Å². The fourth-order valence-electron chi connectivity index (χ4n) is 4.36. The molecule has 9 heteroatoms. The molecule has 0 radical (unpaired) electrons. The third-order valence-corrected chi connectivity index (χ3v) is 8.37. The Labute approximate surface area is 217 Å². The minimum atomic E-state index is -4.02. The number of piperazine rings is 1. The molecule has 0 atom stereocenters. The zero-order valence-corrected chi connectivity index (χ0v) is 22.2. The highest BCUT2D eigenvalue weighted by Gasteiger charge is 2.32. The number of amides is 1. The van der Waals surface area contributed by atoms with E-state index in [2.05, 4.69) is 4.90 Å². The number of hydrogen-bond acceptors (Lipinski definition) is 5. The van der Waals surface area contributed by atoms with Crippen LogP contribution in [-0.4, -0.2) is 59.1 Å². The number of aryl methyl sites for hydroxylation is 2. The molecule has 7 nitrogen and oxygen atoms in total. The number of carbonyl (C=O) groups is 1. The summed E-state index contributed by atoms with van der Waals surface area (Å²) < 4.78 is 34.1. The van der Waals surface area contributed by atoms with E-state index in [9.17, 15) is 13.2 Å². The molecule has 1 heterocycles. The van der Waals surface area contributed by atoms with Gasteiger partial charge in [0.2, 0.25) is 5.91 Å². The maximum atomic E-state index is 13.7. The van der Waals surface area contributed by atoms with Crippen LogP contribution in [0.3, 0.4) is 0 Å². The average Bonchev–Trinajstić information content (AvgIpc) is 2.89. The van der Waals surface area contributed by atoms with Crippen LogP contribution in [0.2, 0.25) is 5.02 Å². The third kappa shape index (κ3) is 5.44. The number of halogens is 1. The van der Waals surface area contributed by atoms with Gasteiger partial charge < -0.3 is 14.5 Å². The molecule has 190 valence electrons. The summed E-state index contributed by atoms with van der Waals surface area (Å²) in [4.78, 5) is 17.5. The van der Waals surface area contributed by atoms with Crippen molar-refractivity contribution in [3.63, 3.8) is 0 Å².